The Labute approximate surface area is 164 Å². The molecule has 0 aliphatic carbocycles. The summed E-state index contributed by atoms with van der Waals surface area (Å²) in [6.07, 6.45) is 3.79. The lowest BCUT2D eigenvalue weighted by atomic mass is 9.97. The predicted molar refractivity (Wildman–Crippen MR) is 107 cm³/mol. The normalized spacial score (nSPS) is 16.9. The molecule has 146 valence electrons. The van der Waals surface area contributed by atoms with Crippen molar-refractivity contribution in [1.29, 1.82) is 0 Å². The van der Waals surface area contributed by atoms with Gasteiger partial charge in [-0.25, -0.2) is 0 Å². The van der Waals surface area contributed by atoms with Gasteiger partial charge in [-0.1, -0.05) is 24.3 Å². The minimum Gasteiger partial charge on any atom is -0.494 e. The molecule has 0 radical (unpaired) electrons. The number of carbonyl (C=O) groups excluding carboxylic acids is 1. The van der Waals surface area contributed by atoms with E-state index in [-0.39, 0.29) is 11.8 Å². The Bertz CT molecular complexity index is 955. The van der Waals surface area contributed by atoms with Gasteiger partial charge in [0.2, 0.25) is 11.9 Å². The van der Waals surface area contributed by atoms with Crippen LogP contribution in [0.1, 0.15) is 25.3 Å². The second-order valence-corrected chi connectivity index (χ2v) is 6.97. The minimum absolute atomic E-state index is 0.0657. The zero-order valence-corrected chi connectivity index (χ0v) is 16.0. The molecule has 1 N–H and O–H groups in total. The maximum absolute atomic E-state index is 12.8. The van der Waals surface area contributed by atoms with Crippen LogP contribution in [0.15, 0.2) is 48.7 Å². The fraction of sp³-hybridized carbons (Fsp3) is 0.381. The van der Waals surface area contributed by atoms with Crippen molar-refractivity contribution in [1.82, 2.24) is 19.9 Å². The number of piperidine rings is 1. The number of nitrogens with zero attached hydrogens (tertiary/aromatic N) is 4. The lowest BCUT2D eigenvalue weighted by molar-refractivity contribution is -0.125. The van der Waals surface area contributed by atoms with Crippen LogP contribution in [-0.4, -0.2) is 40.2 Å². The molecule has 0 spiro atoms. The number of fused-ring (bicyclic) bond motifs is 1. The number of aromatic nitrogens is 3. The highest BCUT2D eigenvalue weighted by atomic mass is 16.5. The first-order valence-electron chi connectivity index (χ1n) is 9.79. The van der Waals surface area contributed by atoms with Crippen molar-refractivity contribution >= 4 is 17.5 Å². The average Bonchev–Trinajstić information content (AvgIpc) is 3.17. The molecule has 0 unspecified atom stereocenters. The van der Waals surface area contributed by atoms with Gasteiger partial charge in [-0.3, -0.25) is 9.20 Å². The molecule has 1 aliphatic heterocycles. The number of rotatable bonds is 6. The number of anilines is 1. The predicted octanol–water partition coefficient (Wildman–Crippen LogP) is 2.66. The fourth-order valence-electron chi connectivity index (χ4n) is 3.69. The van der Waals surface area contributed by atoms with Gasteiger partial charge >= 0.3 is 0 Å². The largest absolute Gasteiger partial charge is 0.494 e. The molecule has 7 nitrogen and oxygen atoms in total. The van der Waals surface area contributed by atoms with Crippen LogP contribution in [0, 0.1) is 5.92 Å². The summed E-state index contributed by atoms with van der Waals surface area (Å²) in [5.74, 6) is 1.63. The summed E-state index contributed by atoms with van der Waals surface area (Å²) >= 11 is 0. The lowest BCUT2D eigenvalue weighted by Gasteiger charge is -2.32. The first kappa shape index (κ1) is 18.3. The average molecular weight is 379 g/mol. The summed E-state index contributed by atoms with van der Waals surface area (Å²) < 4.78 is 7.62. The number of carbonyl (C=O) groups is 1. The zero-order valence-electron chi connectivity index (χ0n) is 16.0. The molecule has 0 saturated carbocycles. The molecule has 0 bridgehead atoms. The molecule has 1 aromatic carbocycles. The van der Waals surface area contributed by atoms with E-state index in [1.165, 1.54) is 0 Å². The van der Waals surface area contributed by atoms with Gasteiger partial charge in [-0.2, -0.15) is 0 Å². The SMILES string of the molecule is CCOc1ccccc1CNC(=O)[C@@H]1CCCN(c2nnc3ccccn23)C1. The highest BCUT2D eigenvalue weighted by molar-refractivity contribution is 5.79. The number of hydrogen-bond acceptors (Lipinski definition) is 5. The Kier molecular flexibility index (Phi) is 5.41. The van der Waals surface area contributed by atoms with E-state index in [1.54, 1.807) is 0 Å². The van der Waals surface area contributed by atoms with E-state index >= 15 is 0 Å². The van der Waals surface area contributed by atoms with Gasteiger partial charge in [-0.15, -0.1) is 10.2 Å². The fourth-order valence-corrected chi connectivity index (χ4v) is 3.69. The first-order chi connectivity index (χ1) is 13.8. The van der Waals surface area contributed by atoms with Crippen LogP contribution < -0.4 is 15.0 Å². The molecule has 1 amide bonds. The van der Waals surface area contributed by atoms with Gasteiger partial charge in [-0.05, 0) is 38.0 Å². The second-order valence-electron chi connectivity index (χ2n) is 6.97. The van der Waals surface area contributed by atoms with Gasteiger partial charge < -0.3 is 15.0 Å². The van der Waals surface area contributed by atoms with Crippen molar-refractivity contribution in [2.75, 3.05) is 24.6 Å². The standard InChI is InChI=1S/C21H25N5O2/c1-2-28-18-10-4-3-8-16(18)14-22-20(27)17-9-7-12-25(15-17)21-24-23-19-11-5-6-13-26(19)21/h3-6,8,10-11,13,17H,2,7,9,12,14-15H2,1H3,(H,22,27)/t17-/m1/s1. The Balaban J connectivity index is 1.41. The first-order valence-corrected chi connectivity index (χ1v) is 9.79. The summed E-state index contributed by atoms with van der Waals surface area (Å²) in [6.45, 7) is 4.57. The highest BCUT2D eigenvalue weighted by Gasteiger charge is 2.28. The maximum atomic E-state index is 12.8. The summed E-state index contributed by atoms with van der Waals surface area (Å²) in [5.41, 5.74) is 1.81. The minimum atomic E-state index is -0.0657. The third kappa shape index (κ3) is 3.78. The van der Waals surface area contributed by atoms with Crippen LogP contribution in [0.4, 0.5) is 5.95 Å². The third-order valence-corrected chi connectivity index (χ3v) is 5.10. The van der Waals surface area contributed by atoms with Crippen molar-refractivity contribution in [2.45, 2.75) is 26.3 Å². The lowest BCUT2D eigenvalue weighted by Crippen LogP contribution is -2.43. The molecular formula is C21H25N5O2. The molecule has 1 atom stereocenters. The van der Waals surface area contributed by atoms with Crippen LogP contribution in [0.5, 0.6) is 5.75 Å². The topological polar surface area (TPSA) is 71.8 Å². The Morgan fingerprint density at radius 1 is 1.21 bits per heavy atom. The molecule has 4 rings (SSSR count). The maximum Gasteiger partial charge on any atom is 0.231 e. The van der Waals surface area contributed by atoms with E-state index < -0.39 is 0 Å². The van der Waals surface area contributed by atoms with Gasteiger partial charge in [0.15, 0.2) is 5.65 Å². The highest BCUT2D eigenvalue weighted by Crippen LogP contribution is 2.23. The van der Waals surface area contributed by atoms with E-state index in [0.717, 1.165) is 42.3 Å². The van der Waals surface area contributed by atoms with Crippen molar-refractivity contribution in [2.24, 2.45) is 5.92 Å². The molecule has 1 fully saturated rings. The number of benzene rings is 1. The van der Waals surface area contributed by atoms with E-state index in [2.05, 4.69) is 20.4 Å². The van der Waals surface area contributed by atoms with Crippen LogP contribution >= 0.6 is 0 Å². The van der Waals surface area contributed by atoms with Gasteiger partial charge in [0.25, 0.3) is 0 Å². The van der Waals surface area contributed by atoms with Gasteiger partial charge in [0.05, 0.1) is 12.5 Å². The van der Waals surface area contributed by atoms with Gasteiger partial charge in [0.1, 0.15) is 5.75 Å². The summed E-state index contributed by atoms with van der Waals surface area (Å²) in [4.78, 5) is 15.0. The molecule has 2 aromatic heterocycles. The Morgan fingerprint density at radius 3 is 2.96 bits per heavy atom. The summed E-state index contributed by atoms with van der Waals surface area (Å²) in [5, 5.41) is 11.6. The monoisotopic (exact) mass is 379 g/mol. The smallest absolute Gasteiger partial charge is 0.231 e. The van der Waals surface area contributed by atoms with Crippen molar-refractivity contribution in [3.63, 3.8) is 0 Å². The molecule has 1 aliphatic rings. The van der Waals surface area contributed by atoms with Gasteiger partial charge in [0, 0.05) is 31.4 Å². The van der Waals surface area contributed by atoms with Crippen molar-refractivity contribution < 1.29 is 9.53 Å². The van der Waals surface area contributed by atoms with E-state index in [1.807, 2.05) is 60.0 Å². The summed E-state index contributed by atoms with van der Waals surface area (Å²) in [6, 6.07) is 13.7. The number of hydrogen-bond donors (Lipinski definition) is 1. The second kappa shape index (κ2) is 8.29. The third-order valence-electron chi connectivity index (χ3n) is 5.10. The van der Waals surface area contributed by atoms with E-state index in [0.29, 0.717) is 19.7 Å². The Hall–Kier alpha value is -3.09. The number of nitrogens with one attached hydrogen (secondary N) is 1. The molecular weight excluding hydrogens is 354 g/mol. The van der Waals surface area contributed by atoms with Crippen LogP contribution in [0.2, 0.25) is 0 Å². The van der Waals surface area contributed by atoms with Crippen molar-refractivity contribution in [3.8, 4) is 5.75 Å². The number of ether oxygens (including phenoxy) is 1. The van der Waals surface area contributed by atoms with Crippen LogP contribution in [0.3, 0.4) is 0 Å². The summed E-state index contributed by atoms with van der Waals surface area (Å²) in [7, 11) is 0. The van der Waals surface area contributed by atoms with E-state index in [9.17, 15) is 4.79 Å². The molecule has 3 heterocycles. The molecule has 7 heteroatoms. The van der Waals surface area contributed by atoms with E-state index in [4.69, 9.17) is 4.74 Å². The quantitative estimate of drug-likeness (QED) is 0.713. The van der Waals surface area contributed by atoms with Crippen LogP contribution in [0.25, 0.3) is 5.65 Å². The Morgan fingerprint density at radius 2 is 2.07 bits per heavy atom. The molecule has 3 aromatic rings. The number of pyridine rings is 1. The zero-order chi connectivity index (χ0) is 19.3. The molecule has 1 saturated heterocycles. The number of amides is 1. The molecule has 28 heavy (non-hydrogen) atoms. The number of para-hydroxylation sites is 1. The van der Waals surface area contributed by atoms with Crippen molar-refractivity contribution in [3.05, 3.63) is 54.2 Å². The van der Waals surface area contributed by atoms with Crippen LogP contribution in [-0.2, 0) is 11.3 Å².